The summed E-state index contributed by atoms with van der Waals surface area (Å²) in [5.41, 5.74) is 1.78. The van der Waals surface area contributed by atoms with Gasteiger partial charge in [-0.05, 0) is 40.8 Å². The van der Waals surface area contributed by atoms with Crippen LogP contribution in [0.25, 0.3) is 10.8 Å². The van der Waals surface area contributed by atoms with Crippen molar-refractivity contribution < 1.29 is 14.6 Å². The minimum absolute atomic E-state index is 0.408. The molecule has 3 aromatic rings. The summed E-state index contributed by atoms with van der Waals surface area (Å²) in [7, 11) is 0. The van der Waals surface area contributed by atoms with Crippen LogP contribution in [0.5, 0.6) is 5.75 Å². The second kappa shape index (κ2) is 8.52. The van der Waals surface area contributed by atoms with Crippen molar-refractivity contribution in [3.63, 3.8) is 0 Å². The smallest absolute Gasteiger partial charge is 0.311 e. The first-order valence-electron chi connectivity index (χ1n) is 9.12. The van der Waals surface area contributed by atoms with Gasteiger partial charge in [0, 0.05) is 0 Å². The van der Waals surface area contributed by atoms with Crippen LogP contribution in [0.15, 0.2) is 66.7 Å². The summed E-state index contributed by atoms with van der Waals surface area (Å²) in [6.45, 7) is 2.77. The van der Waals surface area contributed by atoms with Gasteiger partial charge in [-0.15, -0.1) is 0 Å². The van der Waals surface area contributed by atoms with Gasteiger partial charge in [-0.1, -0.05) is 74.0 Å². The quantitative estimate of drug-likeness (QED) is 0.552. The fourth-order valence-corrected chi connectivity index (χ4v) is 3.24. The third-order valence-electron chi connectivity index (χ3n) is 4.65. The van der Waals surface area contributed by atoms with Gasteiger partial charge in [0.15, 0.2) is 0 Å². The van der Waals surface area contributed by atoms with E-state index >= 15 is 0 Å². The molecule has 0 heterocycles. The van der Waals surface area contributed by atoms with Crippen molar-refractivity contribution in [2.45, 2.75) is 32.1 Å². The molecular formula is C23H24O3. The van der Waals surface area contributed by atoms with Gasteiger partial charge in [0.25, 0.3) is 0 Å². The fraction of sp³-hybridized carbons (Fsp3) is 0.261. The largest absolute Gasteiger partial charge is 0.493 e. The zero-order valence-electron chi connectivity index (χ0n) is 15.0. The van der Waals surface area contributed by atoms with E-state index < -0.39 is 11.9 Å². The monoisotopic (exact) mass is 348 g/mol. The van der Waals surface area contributed by atoms with Gasteiger partial charge in [-0.2, -0.15) is 0 Å². The molecule has 0 radical (unpaired) electrons. The Labute approximate surface area is 154 Å². The molecule has 0 saturated heterocycles. The third-order valence-corrected chi connectivity index (χ3v) is 4.65. The first kappa shape index (κ1) is 18.0. The van der Waals surface area contributed by atoms with Crippen molar-refractivity contribution in [1.29, 1.82) is 0 Å². The lowest BCUT2D eigenvalue weighted by molar-refractivity contribution is -0.138. The molecule has 1 atom stereocenters. The minimum Gasteiger partial charge on any atom is -0.493 e. The van der Waals surface area contributed by atoms with E-state index in [-0.39, 0.29) is 0 Å². The van der Waals surface area contributed by atoms with Crippen LogP contribution in [0.1, 0.15) is 36.8 Å². The maximum atomic E-state index is 12.1. The van der Waals surface area contributed by atoms with Crippen molar-refractivity contribution in [3.8, 4) is 5.75 Å². The van der Waals surface area contributed by atoms with E-state index in [9.17, 15) is 9.90 Å². The average molecular weight is 348 g/mol. The number of unbranched alkanes of at least 4 members (excludes halogenated alkanes) is 1. The SMILES string of the molecule is CCCCOc1ccccc1CC(C(=O)O)c1cccc2ccccc12. The van der Waals surface area contributed by atoms with Gasteiger partial charge in [0.1, 0.15) is 5.75 Å². The summed E-state index contributed by atoms with van der Waals surface area (Å²) in [4.78, 5) is 12.1. The number of benzene rings is 3. The van der Waals surface area contributed by atoms with Crippen LogP contribution in [-0.2, 0) is 11.2 Å². The van der Waals surface area contributed by atoms with E-state index in [4.69, 9.17) is 4.74 Å². The molecule has 0 aromatic heterocycles. The Bertz CT molecular complexity index is 880. The van der Waals surface area contributed by atoms with Crippen LogP contribution in [0, 0.1) is 0 Å². The maximum Gasteiger partial charge on any atom is 0.311 e. The Hall–Kier alpha value is -2.81. The van der Waals surface area contributed by atoms with E-state index in [1.165, 1.54) is 0 Å². The normalized spacial score (nSPS) is 12.0. The summed E-state index contributed by atoms with van der Waals surface area (Å²) in [6.07, 6.45) is 2.46. The number of rotatable bonds is 8. The lowest BCUT2D eigenvalue weighted by Gasteiger charge is -2.18. The summed E-state index contributed by atoms with van der Waals surface area (Å²) in [5, 5.41) is 12.0. The number of ether oxygens (including phenoxy) is 1. The molecule has 0 bridgehead atoms. The van der Waals surface area contributed by atoms with Crippen molar-refractivity contribution in [3.05, 3.63) is 77.9 Å². The van der Waals surface area contributed by atoms with Gasteiger partial charge in [0.05, 0.1) is 12.5 Å². The second-order valence-corrected chi connectivity index (χ2v) is 6.47. The Morgan fingerprint density at radius 2 is 1.73 bits per heavy atom. The Balaban J connectivity index is 1.94. The number of carboxylic acids is 1. The first-order chi connectivity index (χ1) is 12.7. The molecule has 1 N–H and O–H groups in total. The topological polar surface area (TPSA) is 46.5 Å². The van der Waals surface area contributed by atoms with Gasteiger partial charge < -0.3 is 9.84 Å². The van der Waals surface area contributed by atoms with Crippen LogP contribution in [0.3, 0.4) is 0 Å². The van der Waals surface area contributed by atoms with E-state index in [0.29, 0.717) is 13.0 Å². The van der Waals surface area contributed by atoms with E-state index in [1.807, 2.05) is 66.7 Å². The van der Waals surface area contributed by atoms with Gasteiger partial charge in [-0.25, -0.2) is 0 Å². The number of aliphatic carboxylic acids is 1. The number of carbonyl (C=O) groups is 1. The summed E-state index contributed by atoms with van der Waals surface area (Å²) in [5.74, 6) is -0.644. The number of hydrogen-bond acceptors (Lipinski definition) is 2. The summed E-state index contributed by atoms with van der Waals surface area (Å²) in [6, 6.07) is 21.5. The van der Waals surface area contributed by atoms with Gasteiger partial charge in [0.2, 0.25) is 0 Å². The molecule has 0 saturated carbocycles. The van der Waals surface area contributed by atoms with Crippen LogP contribution in [-0.4, -0.2) is 17.7 Å². The molecule has 3 rings (SSSR count). The molecule has 0 aliphatic carbocycles. The minimum atomic E-state index is -0.815. The third kappa shape index (κ3) is 4.05. The summed E-state index contributed by atoms with van der Waals surface area (Å²) >= 11 is 0. The standard InChI is InChI=1S/C23H24O3/c1-2-3-15-26-22-14-7-5-10-18(22)16-21(23(24)25)20-13-8-11-17-9-4-6-12-19(17)20/h4-14,21H,2-3,15-16H2,1H3,(H,24,25). The van der Waals surface area contributed by atoms with Gasteiger partial charge in [-0.3, -0.25) is 4.79 Å². The molecule has 3 aromatic carbocycles. The molecule has 3 nitrogen and oxygen atoms in total. The molecule has 0 aliphatic rings. The van der Waals surface area contributed by atoms with Gasteiger partial charge >= 0.3 is 5.97 Å². The highest BCUT2D eigenvalue weighted by molar-refractivity contribution is 5.90. The number of fused-ring (bicyclic) bond motifs is 1. The van der Waals surface area contributed by atoms with Crippen molar-refractivity contribution in [1.82, 2.24) is 0 Å². The molecule has 0 spiro atoms. The zero-order chi connectivity index (χ0) is 18.4. The number of carboxylic acid groups (broad SMARTS) is 1. The second-order valence-electron chi connectivity index (χ2n) is 6.47. The Morgan fingerprint density at radius 1 is 1.00 bits per heavy atom. The molecule has 134 valence electrons. The highest BCUT2D eigenvalue weighted by Crippen LogP contribution is 2.31. The van der Waals surface area contributed by atoms with Crippen molar-refractivity contribution in [2.24, 2.45) is 0 Å². The van der Waals surface area contributed by atoms with Crippen LogP contribution in [0.2, 0.25) is 0 Å². The number of para-hydroxylation sites is 1. The van der Waals surface area contributed by atoms with Crippen molar-refractivity contribution >= 4 is 16.7 Å². The lowest BCUT2D eigenvalue weighted by atomic mass is 9.88. The lowest BCUT2D eigenvalue weighted by Crippen LogP contribution is -2.15. The molecular weight excluding hydrogens is 324 g/mol. The van der Waals surface area contributed by atoms with E-state index in [2.05, 4.69) is 6.92 Å². The first-order valence-corrected chi connectivity index (χ1v) is 9.12. The predicted octanol–water partition coefficient (Wildman–Crippen LogP) is 5.43. The fourth-order valence-electron chi connectivity index (χ4n) is 3.24. The van der Waals surface area contributed by atoms with Crippen LogP contribution < -0.4 is 4.74 Å². The molecule has 3 heteroatoms. The van der Waals surface area contributed by atoms with E-state index in [0.717, 1.165) is 40.5 Å². The predicted molar refractivity (Wildman–Crippen MR) is 105 cm³/mol. The highest BCUT2D eigenvalue weighted by Gasteiger charge is 2.23. The number of hydrogen-bond donors (Lipinski definition) is 1. The van der Waals surface area contributed by atoms with E-state index in [1.54, 1.807) is 0 Å². The van der Waals surface area contributed by atoms with Crippen LogP contribution >= 0.6 is 0 Å². The Kier molecular flexibility index (Phi) is 5.90. The van der Waals surface area contributed by atoms with Crippen LogP contribution in [0.4, 0.5) is 0 Å². The average Bonchev–Trinajstić information content (AvgIpc) is 2.67. The maximum absolute atomic E-state index is 12.1. The summed E-state index contributed by atoms with van der Waals surface area (Å²) < 4.78 is 5.89. The molecule has 0 amide bonds. The molecule has 26 heavy (non-hydrogen) atoms. The Morgan fingerprint density at radius 3 is 2.54 bits per heavy atom. The molecule has 0 aliphatic heterocycles. The molecule has 1 unspecified atom stereocenters. The molecule has 0 fully saturated rings. The zero-order valence-corrected chi connectivity index (χ0v) is 15.0. The highest BCUT2D eigenvalue weighted by atomic mass is 16.5. The van der Waals surface area contributed by atoms with Crippen molar-refractivity contribution in [2.75, 3.05) is 6.61 Å².